The van der Waals surface area contributed by atoms with Gasteiger partial charge in [0.05, 0.1) is 6.54 Å². The van der Waals surface area contributed by atoms with E-state index in [4.69, 9.17) is 0 Å². The highest BCUT2D eigenvalue weighted by Crippen LogP contribution is 2.22. The molecule has 0 aromatic carbocycles. The Hall–Kier alpha value is -1.04. The van der Waals surface area contributed by atoms with E-state index in [0.29, 0.717) is 13.0 Å². The third kappa shape index (κ3) is 5.75. The van der Waals surface area contributed by atoms with Crippen molar-refractivity contribution in [3.05, 3.63) is 18.2 Å². The number of aromatic nitrogens is 2. The number of alkyl halides is 3. The molecule has 1 heterocycles. The van der Waals surface area contributed by atoms with Gasteiger partial charge >= 0.3 is 6.18 Å². The van der Waals surface area contributed by atoms with Gasteiger partial charge in [0.2, 0.25) is 0 Å². The van der Waals surface area contributed by atoms with E-state index in [-0.39, 0.29) is 12.5 Å². The van der Waals surface area contributed by atoms with Gasteiger partial charge in [-0.3, -0.25) is 0 Å². The Morgan fingerprint density at radius 3 is 2.81 bits per heavy atom. The van der Waals surface area contributed by atoms with Crippen molar-refractivity contribution in [1.82, 2.24) is 15.3 Å². The summed E-state index contributed by atoms with van der Waals surface area (Å²) >= 11 is 0. The molecule has 0 aliphatic rings. The first-order valence-corrected chi connectivity index (χ1v) is 5.26. The molecule has 6 heteroatoms. The molecule has 1 aromatic rings. The van der Waals surface area contributed by atoms with Gasteiger partial charge in [0.25, 0.3) is 0 Å². The van der Waals surface area contributed by atoms with Gasteiger partial charge in [0.1, 0.15) is 5.82 Å². The predicted molar refractivity (Wildman–Crippen MR) is 54.8 cm³/mol. The number of nitrogens with zero attached hydrogens (tertiary/aromatic N) is 1. The Labute approximate surface area is 92.5 Å². The van der Waals surface area contributed by atoms with Crippen LogP contribution in [0.25, 0.3) is 0 Å². The molecule has 0 fully saturated rings. The van der Waals surface area contributed by atoms with Crippen LogP contribution >= 0.6 is 0 Å². The molecule has 0 aliphatic heterocycles. The first kappa shape index (κ1) is 13.0. The summed E-state index contributed by atoms with van der Waals surface area (Å²) < 4.78 is 35.6. The number of H-pyrrole nitrogens is 1. The molecule has 0 saturated heterocycles. The zero-order valence-corrected chi connectivity index (χ0v) is 9.14. The van der Waals surface area contributed by atoms with Crippen LogP contribution in [0.1, 0.15) is 32.0 Å². The van der Waals surface area contributed by atoms with Crippen LogP contribution < -0.4 is 5.32 Å². The minimum atomic E-state index is -4.04. The molecule has 92 valence electrons. The summed E-state index contributed by atoms with van der Waals surface area (Å²) in [6, 6.07) is 0.0625. The number of nitrogens with one attached hydrogen (secondary N) is 2. The fourth-order valence-corrected chi connectivity index (χ4v) is 1.38. The Balaban J connectivity index is 2.09. The van der Waals surface area contributed by atoms with Crippen molar-refractivity contribution in [2.75, 3.05) is 0 Å². The zero-order chi connectivity index (χ0) is 12.0. The fourth-order valence-electron chi connectivity index (χ4n) is 1.38. The van der Waals surface area contributed by atoms with E-state index in [1.807, 2.05) is 6.92 Å². The molecule has 0 amide bonds. The topological polar surface area (TPSA) is 40.7 Å². The van der Waals surface area contributed by atoms with Crippen LogP contribution in [0.15, 0.2) is 12.4 Å². The summed E-state index contributed by atoms with van der Waals surface area (Å²) in [4.78, 5) is 6.93. The van der Waals surface area contributed by atoms with E-state index in [1.165, 1.54) is 0 Å². The standard InChI is InChI=1S/C10H16F3N3/c1-8(3-2-4-10(11,12)13)16-7-9-14-5-6-15-9/h5-6,8,16H,2-4,7H2,1H3,(H,14,15). The fraction of sp³-hybridized carbons (Fsp3) is 0.700. The molecule has 0 radical (unpaired) electrons. The van der Waals surface area contributed by atoms with Gasteiger partial charge in [0.15, 0.2) is 0 Å². The molecule has 1 aromatic heterocycles. The molecule has 0 saturated carbocycles. The van der Waals surface area contributed by atoms with E-state index in [9.17, 15) is 13.2 Å². The lowest BCUT2D eigenvalue weighted by Gasteiger charge is -2.13. The molecule has 2 N–H and O–H groups in total. The van der Waals surface area contributed by atoms with Crippen LogP contribution in [0.5, 0.6) is 0 Å². The van der Waals surface area contributed by atoms with Crippen LogP contribution in [0.2, 0.25) is 0 Å². The van der Waals surface area contributed by atoms with Crippen molar-refractivity contribution in [3.8, 4) is 0 Å². The van der Waals surface area contributed by atoms with E-state index < -0.39 is 12.6 Å². The molecule has 0 spiro atoms. The number of rotatable bonds is 6. The molecule has 0 aliphatic carbocycles. The average molecular weight is 235 g/mol. The number of aromatic amines is 1. The van der Waals surface area contributed by atoms with E-state index in [1.54, 1.807) is 12.4 Å². The lowest BCUT2D eigenvalue weighted by atomic mass is 10.1. The number of hydrogen-bond acceptors (Lipinski definition) is 2. The second-order valence-electron chi connectivity index (χ2n) is 3.83. The lowest BCUT2D eigenvalue weighted by molar-refractivity contribution is -0.135. The van der Waals surface area contributed by atoms with Gasteiger partial charge < -0.3 is 10.3 Å². The minimum Gasteiger partial charge on any atom is -0.348 e. The zero-order valence-electron chi connectivity index (χ0n) is 9.14. The van der Waals surface area contributed by atoms with Crippen LogP contribution in [0.4, 0.5) is 13.2 Å². The van der Waals surface area contributed by atoms with Crippen LogP contribution in [-0.2, 0) is 6.54 Å². The Morgan fingerprint density at radius 2 is 2.25 bits per heavy atom. The summed E-state index contributed by atoms with van der Waals surface area (Å²) in [5, 5.41) is 3.11. The van der Waals surface area contributed by atoms with E-state index >= 15 is 0 Å². The van der Waals surface area contributed by atoms with Crippen LogP contribution in [-0.4, -0.2) is 22.2 Å². The second kappa shape index (κ2) is 5.89. The van der Waals surface area contributed by atoms with Gasteiger partial charge in [-0.1, -0.05) is 0 Å². The van der Waals surface area contributed by atoms with Gasteiger partial charge in [-0.05, 0) is 19.8 Å². The first-order valence-electron chi connectivity index (χ1n) is 5.26. The monoisotopic (exact) mass is 235 g/mol. The Bertz CT molecular complexity index is 282. The molecule has 3 nitrogen and oxygen atoms in total. The largest absolute Gasteiger partial charge is 0.389 e. The number of halogens is 3. The normalized spacial score (nSPS) is 14.0. The third-order valence-electron chi connectivity index (χ3n) is 2.27. The molecular formula is C10H16F3N3. The number of hydrogen-bond donors (Lipinski definition) is 2. The molecule has 16 heavy (non-hydrogen) atoms. The molecule has 1 unspecified atom stereocenters. The lowest BCUT2D eigenvalue weighted by Crippen LogP contribution is -2.26. The Kier molecular flexibility index (Phi) is 4.79. The van der Waals surface area contributed by atoms with Gasteiger partial charge in [0, 0.05) is 24.9 Å². The highest BCUT2D eigenvalue weighted by molar-refractivity contribution is 4.86. The van der Waals surface area contributed by atoms with E-state index in [2.05, 4.69) is 15.3 Å². The quantitative estimate of drug-likeness (QED) is 0.795. The number of imidazole rings is 1. The van der Waals surface area contributed by atoms with Crippen molar-refractivity contribution in [3.63, 3.8) is 0 Å². The predicted octanol–water partition coefficient (Wildman–Crippen LogP) is 2.62. The minimum absolute atomic E-state index is 0.0625. The molecule has 0 bridgehead atoms. The first-order chi connectivity index (χ1) is 7.47. The molecular weight excluding hydrogens is 219 g/mol. The molecule has 1 rings (SSSR count). The van der Waals surface area contributed by atoms with Gasteiger partial charge in [-0.15, -0.1) is 0 Å². The summed E-state index contributed by atoms with van der Waals surface area (Å²) in [5.41, 5.74) is 0. The van der Waals surface area contributed by atoms with Crippen molar-refractivity contribution in [2.24, 2.45) is 0 Å². The summed E-state index contributed by atoms with van der Waals surface area (Å²) in [7, 11) is 0. The average Bonchev–Trinajstić information content (AvgIpc) is 2.65. The maximum atomic E-state index is 11.9. The summed E-state index contributed by atoms with van der Waals surface area (Å²) in [6.07, 6.45) is -0.715. The van der Waals surface area contributed by atoms with Crippen molar-refractivity contribution in [1.29, 1.82) is 0 Å². The maximum Gasteiger partial charge on any atom is 0.389 e. The second-order valence-corrected chi connectivity index (χ2v) is 3.83. The SMILES string of the molecule is CC(CCCC(F)(F)F)NCc1ncc[nH]1. The molecule has 1 atom stereocenters. The van der Waals surface area contributed by atoms with Gasteiger partial charge in [-0.25, -0.2) is 4.98 Å². The smallest absolute Gasteiger partial charge is 0.348 e. The highest BCUT2D eigenvalue weighted by atomic mass is 19.4. The van der Waals surface area contributed by atoms with Crippen molar-refractivity contribution in [2.45, 2.75) is 44.9 Å². The van der Waals surface area contributed by atoms with Crippen LogP contribution in [0, 0.1) is 0 Å². The Morgan fingerprint density at radius 1 is 1.50 bits per heavy atom. The third-order valence-corrected chi connectivity index (χ3v) is 2.27. The summed E-state index contributed by atoms with van der Waals surface area (Å²) in [5.74, 6) is 0.794. The highest BCUT2D eigenvalue weighted by Gasteiger charge is 2.26. The van der Waals surface area contributed by atoms with Crippen molar-refractivity contribution >= 4 is 0 Å². The van der Waals surface area contributed by atoms with Crippen LogP contribution in [0.3, 0.4) is 0 Å². The van der Waals surface area contributed by atoms with E-state index in [0.717, 1.165) is 5.82 Å². The van der Waals surface area contributed by atoms with Crippen molar-refractivity contribution < 1.29 is 13.2 Å². The summed E-state index contributed by atoms with van der Waals surface area (Å²) in [6.45, 7) is 2.43. The van der Waals surface area contributed by atoms with Gasteiger partial charge in [-0.2, -0.15) is 13.2 Å². The maximum absolute atomic E-state index is 11.9.